The average molecular weight is 184 g/mol. The van der Waals surface area contributed by atoms with E-state index < -0.39 is 0 Å². The average Bonchev–Trinajstić information content (AvgIpc) is 2.43. The van der Waals surface area contributed by atoms with E-state index in [0.29, 0.717) is 10.5 Å². The Morgan fingerprint density at radius 2 is 2.00 bits per heavy atom. The van der Waals surface area contributed by atoms with Crippen molar-refractivity contribution in [3.63, 3.8) is 0 Å². The summed E-state index contributed by atoms with van der Waals surface area (Å²) >= 11 is 0. The van der Waals surface area contributed by atoms with Crippen LogP contribution in [-0.4, -0.2) is 17.4 Å². The summed E-state index contributed by atoms with van der Waals surface area (Å²) in [6.07, 6.45) is 3.01. The van der Waals surface area contributed by atoms with Crippen molar-refractivity contribution < 1.29 is 0 Å². The molecule has 2 fully saturated rings. The van der Waals surface area contributed by atoms with Crippen LogP contribution < -0.4 is 0 Å². The number of hydrogen-bond donors (Lipinski definition) is 0. The zero-order valence-corrected chi connectivity index (χ0v) is 9.07. The SMILES string of the molecule is C=S1CC2CCC(C(C)C)C2C1. The first-order valence-corrected chi connectivity index (χ1v) is 6.89. The van der Waals surface area contributed by atoms with Gasteiger partial charge in [-0.2, -0.15) is 10.5 Å². The summed E-state index contributed by atoms with van der Waals surface area (Å²) in [5.74, 6) is 11.2. The first-order valence-electron chi connectivity index (χ1n) is 5.15. The second-order valence-corrected chi connectivity index (χ2v) is 6.75. The van der Waals surface area contributed by atoms with E-state index in [0.717, 1.165) is 23.7 Å². The van der Waals surface area contributed by atoms with Crippen LogP contribution in [0.2, 0.25) is 0 Å². The molecular weight excluding hydrogens is 164 g/mol. The summed E-state index contributed by atoms with van der Waals surface area (Å²) in [7, 11) is 0.531. The number of fused-ring (bicyclic) bond motifs is 1. The van der Waals surface area contributed by atoms with Gasteiger partial charge in [-0.05, 0) is 48.0 Å². The Bertz CT molecular complexity index is 195. The van der Waals surface area contributed by atoms with Crippen LogP contribution in [0.15, 0.2) is 0 Å². The smallest absolute Gasteiger partial charge is 0.00885 e. The molecule has 0 nitrogen and oxygen atoms in total. The van der Waals surface area contributed by atoms with Crippen LogP contribution in [0.4, 0.5) is 0 Å². The molecule has 0 amide bonds. The van der Waals surface area contributed by atoms with Crippen molar-refractivity contribution in [3.8, 4) is 0 Å². The molecule has 1 aliphatic carbocycles. The van der Waals surface area contributed by atoms with Gasteiger partial charge in [0, 0.05) is 0 Å². The minimum absolute atomic E-state index is 0.531. The van der Waals surface area contributed by atoms with Crippen molar-refractivity contribution in [2.75, 3.05) is 11.5 Å². The van der Waals surface area contributed by atoms with E-state index in [1.807, 2.05) is 0 Å². The van der Waals surface area contributed by atoms with Crippen LogP contribution in [-0.2, 0) is 0 Å². The molecule has 0 aromatic heterocycles. The van der Waals surface area contributed by atoms with Gasteiger partial charge in [0.25, 0.3) is 0 Å². The molecule has 0 bridgehead atoms. The van der Waals surface area contributed by atoms with Gasteiger partial charge in [0.15, 0.2) is 0 Å². The molecule has 0 aromatic carbocycles. The fraction of sp³-hybridized carbons (Fsp3) is 0.909. The van der Waals surface area contributed by atoms with Crippen LogP contribution in [0.3, 0.4) is 0 Å². The molecule has 1 saturated carbocycles. The molecule has 2 rings (SSSR count). The van der Waals surface area contributed by atoms with Gasteiger partial charge in [-0.3, -0.25) is 0 Å². The Hall–Kier alpha value is 0.220. The van der Waals surface area contributed by atoms with Gasteiger partial charge in [-0.25, -0.2) is 0 Å². The van der Waals surface area contributed by atoms with Crippen molar-refractivity contribution in [2.45, 2.75) is 26.7 Å². The van der Waals surface area contributed by atoms with Crippen molar-refractivity contribution in [2.24, 2.45) is 23.7 Å². The first-order chi connectivity index (χ1) is 5.68. The van der Waals surface area contributed by atoms with E-state index in [1.54, 1.807) is 0 Å². The molecule has 2 aliphatic rings. The third-order valence-electron chi connectivity index (χ3n) is 3.76. The van der Waals surface area contributed by atoms with Gasteiger partial charge in [0.05, 0.1) is 0 Å². The molecule has 1 heterocycles. The van der Waals surface area contributed by atoms with Crippen LogP contribution in [0.5, 0.6) is 0 Å². The Balaban J connectivity index is 2.08. The molecule has 4 unspecified atom stereocenters. The second kappa shape index (κ2) is 3.17. The maximum Gasteiger partial charge on any atom is -0.00885 e. The van der Waals surface area contributed by atoms with E-state index in [9.17, 15) is 0 Å². The highest BCUT2D eigenvalue weighted by Crippen LogP contribution is 2.49. The fourth-order valence-electron chi connectivity index (χ4n) is 3.12. The van der Waals surface area contributed by atoms with E-state index in [-0.39, 0.29) is 0 Å². The summed E-state index contributed by atoms with van der Waals surface area (Å²) in [6, 6.07) is 0. The molecule has 1 saturated heterocycles. The van der Waals surface area contributed by atoms with Gasteiger partial charge in [0.2, 0.25) is 0 Å². The Labute approximate surface area is 78.7 Å². The molecule has 0 spiro atoms. The molecule has 0 N–H and O–H groups in total. The lowest BCUT2D eigenvalue weighted by molar-refractivity contribution is 0.296. The molecule has 0 radical (unpaired) electrons. The van der Waals surface area contributed by atoms with E-state index in [1.165, 1.54) is 24.3 Å². The molecule has 12 heavy (non-hydrogen) atoms. The Morgan fingerprint density at radius 3 is 2.67 bits per heavy atom. The van der Waals surface area contributed by atoms with Gasteiger partial charge < -0.3 is 0 Å². The monoisotopic (exact) mass is 184 g/mol. The highest BCUT2D eigenvalue weighted by Gasteiger charge is 2.41. The minimum Gasteiger partial charge on any atom is -0.192 e. The van der Waals surface area contributed by atoms with Crippen LogP contribution in [0, 0.1) is 23.7 Å². The lowest BCUT2D eigenvalue weighted by Crippen LogP contribution is -2.17. The third kappa shape index (κ3) is 1.37. The lowest BCUT2D eigenvalue weighted by Gasteiger charge is -2.21. The molecule has 4 atom stereocenters. The van der Waals surface area contributed by atoms with E-state index in [4.69, 9.17) is 0 Å². The Morgan fingerprint density at radius 1 is 1.25 bits per heavy atom. The number of rotatable bonds is 1. The lowest BCUT2D eigenvalue weighted by atomic mass is 9.85. The van der Waals surface area contributed by atoms with Gasteiger partial charge in [-0.15, -0.1) is 0 Å². The minimum atomic E-state index is 0.531. The van der Waals surface area contributed by atoms with Crippen molar-refractivity contribution in [1.82, 2.24) is 0 Å². The van der Waals surface area contributed by atoms with Gasteiger partial charge >= 0.3 is 0 Å². The highest BCUT2D eigenvalue weighted by atomic mass is 32.2. The molecule has 1 aliphatic heterocycles. The van der Waals surface area contributed by atoms with Gasteiger partial charge in [-0.1, -0.05) is 19.7 Å². The summed E-state index contributed by atoms with van der Waals surface area (Å²) < 4.78 is 0. The summed E-state index contributed by atoms with van der Waals surface area (Å²) in [5, 5.41) is 0. The molecule has 1 heteroatoms. The third-order valence-corrected chi connectivity index (χ3v) is 5.52. The van der Waals surface area contributed by atoms with E-state index in [2.05, 4.69) is 19.7 Å². The topological polar surface area (TPSA) is 0 Å². The van der Waals surface area contributed by atoms with Crippen LogP contribution in [0.1, 0.15) is 26.7 Å². The van der Waals surface area contributed by atoms with Crippen LogP contribution in [0.25, 0.3) is 0 Å². The molecular formula is C11H20S. The summed E-state index contributed by atoms with van der Waals surface area (Å²) in [5.41, 5.74) is 0. The quantitative estimate of drug-likeness (QED) is 0.550. The van der Waals surface area contributed by atoms with Crippen LogP contribution >= 0.6 is 10.5 Å². The zero-order valence-electron chi connectivity index (χ0n) is 8.25. The fourth-order valence-corrected chi connectivity index (χ4v) is 5.34. The highest BCUT2D eigenvalue weighted by molar-refractivity contribution is 8.14. The predicted molar refractivity (Wildman–Crippen MR) is 59.0 cm³/mol. The first kappa shape index (κ1) is 8.80. The normalized spacial score (nSPS) is 46.9. The van der Waals surface area contributed by atoms with Crippen molar-refractivity contribution >= 4 is 16.4 Å². The van der Waals surface area contributed by atoms with Crippen molar-refractivity contribution in [1.29, 1.82) is 0 Å². The maximum absolute atomic E-state index is 4.24. The van der Waals surface area contributed by atoms with Gasteiger partial charge in [0.1, 0.15) is 0 Å². The summed E-state index contributed by atoms with van der Waals surface area (Å²) in [6.45, 7) is 4.79. The molecule has 70 valence electrons. The second-order valence-electron chi connectivity index (χ2n) is 4.85. The maximum atomic E-state index is 4.24. The summed E-state index contributed by atoms with van der Waals surface area (Å²) in [4.78, 5) is 0. The van der Waals surface area contributed by atoms with E-state index >= 15 is 0 Å². The standard InChI is InChI=1S/C11H20S/c1-8(2)10-5-4-9-6-12(3)7-11(9)10/h8-11H,3-7H2,1-2H3. The van der Waals surface area contributed by atoms with Crippen molar-refractivity contribution in [3.05, 3.63) is 0 Å². The predicted octanol–water partition coefficient (Wildman–Crippen LogP) is 3.00. The Kier molecular flexibility index (Phi) is 2.33. The zero-order chi connectivity index (χ0) is 8.72. The largest absolute Gasteiger partial charge is 0.192 e. The number of hydrogen-bond acceptors (Lipinski definition) is 0. The molecule has 0 aromatic rings.